The molecule has 9 heteroatoms. The molecule has 1 amide bonds. The Labute approximate surface area is 182 Å². The normalized spacial score (nSPS) is 19.6. The average Bonchev–Trinajstić information content (AvgIpc) is 3.48. The van der Waals surface area contributed by atoms with Crippen molar-refractivity contribution >= 4 is 27.7 Å². The van der Waals surface area contributed by atoms with Gasteiger partial charge in [0.05, 0.1) is 6.04 Å². The maximum absolute atomic E-state index is 12.8. The summed E-state index contributed by atoms with van der Waals surface area (Å²) in [6.07, 6.45) is 3.76. The van der Waals surface area contributed by atoms with Gasteiger partial charge in [-0.25, -0.2) is 8.42 Å². The van der Waals surface area contributed by atoms with Gasteiger partial charge in [0, 0.05) is 37.3 Å². The molecule has 0 spiro atoms. The van der Waals surface area contributed by atoms with Gasteiger partial charge in [0.2, 0.25) is 10.0 Å². The van der Waals surface area contributed by atoms with E-state index in [4.69, 9.17) is 0 Å². The number of likely N-dealkylation sites (tertiary alicyclic amines) is 1. The van der Waals surface area contributed by atoms with Crippen LogP contribution in [0, 0.1) is 0 Å². The van der Waals surface area contributed by atoms with Crippen molar-refractivity contribution in [2.45, 2.75) is 23.8 Å². The number of nitrogens with one attached hydrogen (secondary N) is 2. The van der Waals surface area contributed by atoms with E-state index in [1.807, 2.05) is 18.2 Å². The lowest BCUT2D eigenvalue weighted by Crippen LogP contribution is -2.37. The van der Waals surface area contributed by atoms with E-state index in [0.717, 1.165) is 24.6 Å². The van der Waals surface area contributed by atoms with Crippen LogP contribution in [0.3, 0.4) is 0 Å². The second-order valence-corrected chi connectivity index (χ2v) is 10.8. The topological polar surface area (TPSA) is 85.5 Å². The molecule has 2 aliphatic rings. The van der Waals surface area contributed by atoms with Gasteiger partial charge in [-0.1, -0.05) is 30.3 Å². The Morgan fingerprint density at radius 3 is 2.50 bits per heavy atom. The summed E-state index contributed by atoms with van der Waals surface area (Å²) in [6.45, 7) is 3.54. The molecule has 0 aliphatic carbocycles. The van der Waals surface area contributed by atoms with Crippen molar-refractivity contribution in [3.8, 4) is 0 Å². The highest BCUT2D eigenvalue weighted by atomic mass is 32.2. The lowest BCUT2D eigenvalue weighted by molar-refractivity contribution is 0.0933. The molecule has 2 aliphatic heterocycles. The monoisotopic (exact) mass is 448 g/mol. The first kappa shape index (κ1) is 21.4. The first-order valence-electron chi connectivity index (χ1n) is 10.4. The highest BCUT2D eigenvalue weighted by Gasteiger charge is 2.28. The third-order valence-electron chi connectivity index (χ3n) is 5.73. The molecule has 1 atom stereocenters. The zero-order valence-corrected chi connectivity index (χ0v) is 18.6. The molecule has 1 aromatic carbocycles. The predicted molar refractivity (Wildman–Crippen MR) is 119 cm³/mol. The van der Waals surface area contributed by atoms with Crippen molar-refractivity contribution in [2.75, 3.05) is 44.2 Å². The Kier molecular flexibility index (Phi) is 6.82. The van der Waals surface area contributed by atoms with Gasteiger partial charge in [-0.3, -0.25) is 9.69 Å². The average molecular weight is 449 g/mol. The zero-order chi connectivity index (χ0) is 21.0. The lowest BCUT2D eigenvalue weighted by Gasteiger charge is -2.28. The summed E-state index contributed by atoms with van der Waals surface area (Å²) < 4.78 is 27.1. The van der Waals surface area contributed by atoms with Gasteiger partial charge in [-0.15, -0.1) is 0 Å². The minimum atomic E-state index is -3.56. The number of carbonyl (C=O) groups is 1. The van der Waals surface area contributed by atoms with Crippen LogP contribution in [0.15, 0.2) is 47.5 Å². The van der Waals surface area contributed by atoms with E-state index in [0.29, 0.717) is 19.6 Å². The van der Waals surface area contributed by atoms with Crippen LogP contribution in [0.4, 0.5) is 0 Å². The van der Waals surface area contributed by atoms with Crippen LogP contribution in [0.1, 0.15) is 34.9 Å². The van der Waals surface area contributed by atoms with Crippen LogP contribution >= 0.6 is 11.8 Å². The summed E-state index contributed by atoms with van der Waals surface area (Å²) in [6, 6.07) is 11.8. The van der Waals surface area contributed by atoms with Crippen LogP contribution in [0.25, 0.3) is 0 Å². The van der Waals surface area contributed by atoms with Gasteiger partial charge >= 0.3 is 0 Å². The summed E-state index contributed by atoms with van der Waals surface area (Å²) in [5.74, 6) is 1.31. The fourth-order valence-electron chi connectivity index (χ4n) is 4.06. The third-order valence-corrected chi connectivity index (χ3v) is 8.55. The van der Waals surface area contributed by atoms with E-state index in [2.05, 4.69) is 27.3 Å². The van der Waals surface area contributed by atoms with Gasteiger partial charge in [0.25, 0.3) is 5.91 Å². The summed E-state index contributed by atoms with van der Waals surface area (Å²) in [4.78, 5) is 18.1. The number of aromatic nitrogens is 1. The molecule has 3 heterocycles. The van der Waals surface area contributed by atoms with Gasteiger partial charge in [0.1, 0.15) is 10.6 Å². The SMILES string of the molecule is O=C(NCC(c1ccccc1)N1CCCC1)c1cc(S(=O)(=O)N2CCSCC2)c[nH]1. The van der Waals surface area contributed by atoms with Gasteiger partial charge in [-0.2, -0.15) is 16.1 Å². The zero-order valence-electron chi connectivity index (χ0n) is 16.9. The molecule has 0 radical (unpaired) electrons. The molecule has 0 saturated carbocycles. The van der Waals surface area contributed by atoms with Gasteiger partial charge in [0.15, 0.2) is 0 Å². The number of nitrogens with zero attached hydrogens (tertiary/aromatic N) is 2. The van der Waals surface area contributed by atoms with Crippen LogP contribution in [-0.4, -0.2) is 72.7 Å². The molecular weight excluding hydrogens is 420 g/mol. The number of rotatable bonds is 7. The molecule has 30 heavy (non-hydrogen) atoms. The van der Waals surface area contributed by atoms with Crippen molar-refractivity contribution in [3.63, 3.8) is 0 Å². The smallest absolute Gasteiger partial charge is 0.267 e. The standard InChI is InChI=1S/C21H28N4O3S2/c26-21(19-14-18(15-22-19)30(27,28)25-10-12-29-13-11-25)23-16-20(24-8-4-5-9-24)17-6-2-1-3-7-17/h1-3,6-7,14-15,20,22H,4-5,8-13,16H2,(H,23,26). The fraction of sp³-hybridized carbons (Fsp3) is 0.476. The van der Waals surface area contributed by atoms with E-state index < -0.39 is 10.0 Å². The number of carbonyl (C=O) groups excluding carboxylic acids is 1. The second kappa shape index (κ2) is 9.55. The maximum atomic E-state index is 12.8. The summed E-state index contributed by atoms with van der Waals surface area (Å²) in [5, 5.41) is 3.00. The van der Waals surface area contributed by atoms with Crippen LogP contribution in [0.5, 0.6) is 0 Å². The number of aromatic amines is 1. The molecule has 1 unspecified atom stereocenters. The fourth-order valence-corrected chi connectivity index (χ4v) is 6.63. The Hall–Kier alpha value is -1.81. The van der Waals surface area contributed by atoms with E-state index in [-0.39, 0.29) is 22.5 Å². The Bertz CT molecular complexity index is 950. The third kappa shape index (κ3) is 4.74. The van der Waals surface area contributed by atoms with Gasteiger partial charge in [-0.05, 0) is 37.6 Å². The number of amides is 1. The number of hydrogen-bond donors (Lipinski definition) is 2. The van der Waals surface area contributed by atoms with Gasteiger partial charge < -0.3 is 10.3 Å². The molecule has 2 aromatic rings. The van der Waals surface area contributed by atoms with Crippen molar-refractivity contribution in [2.24, 2.45) is 0 Å². The second-order valence-electron chi connectivity index (χ2n) is 7.65. The lowest BCUT2D eigenvalue weighted by atomic mass is 10.1. The molecule has 0 bridgehead atoms. The number of thioether (sulfide) groups is 1. The first-order chi connectivity index (χ1) is 14.6. The maximum Gasteiger partial charge on any atom is 0.267 e. The molecule has 2 saturated heterocycles. The molecular formula is C21H28N4O3S2. The summed E-state index contributed by atoms with van der Waals surface area (Å²) >= 11 is 1.76. The quantitative estimate of drug-likeness (QED) is 0.679. The van der Waals surface area contributed by atoms with E-state index in [1.54, 1.807) is 11.8 Å². The Morgan fingerprint density at radius 1 is 1.10 bits per heavy atom. The van der Waals surface area contributed by atoms with Crippen LogP contribution in [-0.2, 0) is 10.0 Å². The minimum Gasteiger partial charge on any atom is -0.356 e. The highest BCUT2D eigenvalue weighted by Crippen LogP contribution is 2.25. The van der Waals surface area contributed by atoms with Crippen LogP contribution in [0.2, 0.25) is 0 Å². The number of H-pyrrole nitrogens is 1. The van der Waals surface area contributed by atoms with Crippen LogP contribution < -0.4 is 5.32 Å². The molecule has 1 aromatic heterocycles. The number of sulfonamides is 1. The molecule has 2 N–H and O–H groups in total. The molecule has 4 rings (SSSR count). The van der Waals surface area contributed by atoms with E-state index in [1.165, 1.54) is 35.0 Å². The molecule has 2 fully saturated rings. The number of hydrogen-bond acceptors (Lipinski definition) is 5. The minimum absolute atomic E-state index is 0.113. The number of benzene rings is 1. The van der Waals surface area contributed by atoms with Crippen molar-refractivity contribution in [1.29, 1.82) is 0 Å². The highest BCUT2D eigenvalue weighted by molar-refractivity contribution is 7.99. The molecule has 7 nitrogen and oxygen atoms in total. The van der Waals surface area contributed by atoms with E-state index in [9.17, 15) is 13.2 Å². The summed E-state index contributed by atoms with van der Waals surface area (Å²) in [7, 11) is -3.56. The first-order valence-corrected chi connectivity index (χ1v) is 13.0. The predicted octanol–water partition coefficient (Wildman–Crippen LogP) is 2.32. The summed E-state index contributed by atoms with van der Waals surface area (Å²) in [5.41, 5.74) is 1.45. The Morgan fingerprint density at radius 2 is 1.80 bits per heavy atom. The van der Waals surface area contributed by atoms with Crippen molar-refractivity contribution in [1.82, 2.24) is 19.5 Å². The van der Waals surface area contributed by atoms with Crippen molar-refractivity contribution in [3.05, 3.63) is 53.9 Å². The Balaban J connectivity index is 1.43. The molecule has 162 valence electrons. The van der Waals surface area contributed by atoms with E-state index >= 15 is 0 Å². The van der Waals surface area contributed by atoms with Crippen molar-refractivity contribution < 1.29 is 13.2 Å². The largest absolute Gasteiger partial charge is 0.356 e.